The molecule has 1 aromatic heterocycles. The van der Waals surface area contributed by atoms with Gasteiger partial charge in [0.15, 0.2) is 0 Å². The standard InChI is InChI=1S/C23H22N4O4/c1-14-3-6-16(7-4-14)11-21-24-19-9-10-26(13-18(19)22(28)25-21)23(29)17-8-5-15(2)20(12-17)27(30)31/h3-8,12H,9-11,13H2,1-2H3,(H,24,25,28). The van der Waals surface area contributed by atoms with E-state index in [1.54, 1.807) is 19.1 Å². The van der Waals surface area contributed by atoms with Crippen LogP contribution in [0.5, 0.6) is 0 Å². The minimum absolute atomic E-state index is 0.0940. The maximum absolute atomic E-state index is 12.9. The van der Waals surface area contributed by atoms with Gasteiger partial charge in [-0.25, -0.2) is 4.98 Å². The maximum atomic E-state index is 12.9. The van der Waals surface area contributed by atoms with Crippen LogP contribution in [0.1, 0.15) is 44.1 Å². The van der Waals surface area contributed by atoms with Crippen molar-refractivity contribution in [1.29, 1.82) is 0 Å². The molecule has 0 radical (unpaired) electrons. The average Bonchev–Trinajstić information content (AvgIpc) is 2.75. The summed E-state index contributed by atoms with van der Waals surface area (Å²) in [5, 5.41) is 11.2. The lowest BCUT2D eigenvalue weighted by Crippen LogP contribution is -2.39. The Balaban J connectivity index is 1.55. The smallest absolute Gasteiger partial charge is 0.273 e. The van der Waals surface area contributed by atoms with Crippen molar-refractivity contribution < 1.29 is 9.72 Å². The molecule has 158 valence electrons. The van der Waals surface area contributed by atoms with E-state index in [9.17, 15) is 19.7 Å². The predicted octanol–water partition coefficient (Wildman–Crippen LogP) is 3.08. The first-order chi connectivity index (χ1) is 14.8. The fourth-order valence-corrected chi connectivity index (χ4v) is 3.75. The molecule has 1 aliphatic rings. The number of benzene rings is 2. The van der Waals surface area contributed by atoms with Crippen molar-refractivity contribution in [2.75, 3.05) is 6.54 Å². The first kappa shape index (κ1) is 20.5. The molecule has 1 amide bonds. The zero-order chi connectivity index (χ0) is 22.1. The molecule has 0 saturated heterocycles. The number of H-pyrrole nitrogens is 1. The molecule has 3 aromatic rings. The van der Waals surface area contributed by atoms with Crippen molar-refractivity contribution >= 4 is 11.6 Å². The lowest BCUT2D eigenvalue weighted by molar-refractivity contribution is -0.385. The van der Waals surface area contributed by atoms with Crippen LogP contribution in [0.15, 0.2) is 47.3 Å². The van der Waals surface area contributed by atoms with Crippen LogP contribution >= 0.6 is 0 Å². The number of carbonyl (C=O) groups excluding carboxylic acids is 1. The third-order valence-electron chi connectivity index (χ3n) is 5.55. The highest BCUT2D eigenvalue weighted by Gasteiger charge is 2.26. The Morgan fingerprint density at radius 2 is 1.94 bits per heavy atom. The van der Waals surface area contributed by atoms with Crippen molar-refractivity contribution in [3.8, 4) is 0 Å². The van der Waals surface area contributed by atoms with E-state index in [-0.39, 0.29) is 29.3 Å². The molecule has 0 aliphatic carbocycles. The van der Waals surface area contributed by atoms with Crippen LogP contribution in [0.2, 0.25) is 0 Å². The number of aryl methyl sites for hydroxylation is 2. The Bertz CT molecular complexity index is 1230. The van der Waals surface area contributed by atoms with Crippen LogP contribution in [0.3, 0.4) is 0 Å². The molecule has 4 rings (SSSR count). The SMILES string of the molecule is Cc1ccc(Cc2nc3c(c(=O)[nH]2)CN(C(=O)c2ccc(C)c([N+](=O)[O-])c2)CC3)cc1. The fraction of sp³-hybridized carbons (Fsp3) is 0.261. The molecule has 1 aliphatic heterocycles. The summed E-state index contributed by atoms with van der Waals surface area (Å²) in [5.74, 6) is 0.262. The number of aromatic amines is 1. The summed E-state index contributed by atoms with van der Waals surface area (Å²) in [6.45, 7) is 4.17. The summed E-state index contributed by atoms with van der Waals surface area (Å²) in [7, 11) is 0. The maximum Gasteiger partial charge on any atom is 0.273 e. The average molecular weight is 418 g/mol. The van der Waals surface area contributed by atoms with Crippen molar-refractivity contribution in [1.82, 2.24) is 14.9 Å². The van der Waals surface area contributed by atoms with Crippen LogP contribution in [-0.2, 0) is 19.4 Å². The summed E-state index contributed by atoms with van der Waals surface area (Å²) >= 11 is 0. The minimum atomic E-state index is -0.498. The largest absolute Gasteiger partial charge is 0.334 e. The molecule has 2 heterocycles. The lowest BCUT2D eigenvalue weighted by atomic mass is 10.0. The zero-order valence-corrected chi connectivity index (χ0v) is 17.3. The summed E-state index contributed by atoms with van der Waals surface area (Å²) in [6.07, 6.45) is 0.984. The Hall–Kier alpha value is -3.81. The molecule has 1 N–H and O–H groups in total. The molecule has 0 bridgehead atoms. The molecular weight excluding hydrogens is 396 g/mol. The van der Waals surface area contributed by atoms with Gasteiger partial charge in [-0.05, 0) is 25.5 Å². The van der Waals surface area contributed by atoms with Crippen LogP contribution in [-0.4, -0.2) is 32.2 Å². The number of hydrogen-bond acceptors (Lipinski definition) is 5. The van der Waals surface area contributed by atoms with E-state index < -0.39 is 4.92 Å². The van der Waals surface area contributed by atoms with Gasteiger partial charge in [-0.1, -0.05) is 35.9 Å². The van der Waals surface area contributed by atoms with Crippen LogP contribution in [0, 0.1) is 24.0 Å². The molecule has 2 aromatic carbocycles. The Labute approximate surface area is 178 Å². The number of carbonyl (C=O) groups is 1. The number of amides is 1. The molecule has 0 fully saturated rings. The summed E-state index contributed by atoms with van der Waals surface area (Å²) in [4.78, 5) is 45.3. The van der Waals surface area contributed by atoms with Crippen LogP contribution in [0.25, 0.3) is 0 Å². The van der Waals surface area contributed by atoms with Crippen LogP contribution in [0.4, 0.5) is 5.69 Å². The summed E-state index contributed by atoms with van der Waals surface area (Å²) < 4.78 is 0. The van der Waals surface area contributed by atoms with Gasteiger partial charge in [-0.15, -0.1) is 0 Å². The molecule has 8 heteroatoms. The van der Waals surface area contributed by atoms with Crippen LogP contribution < -0.4 is 5.56 Å². The molecule has 0 spiro atoms. The zero-order valence-electron chi connectivity index (χ0n) is 17.3. The highest BCUT2D eigenvalue weighted by molar-refractivity contribution is 5.95. The van der Waals surface area contributed by atoms with E-state index in [2.05, 4.69) is 9.97 Å². The molecule has 0 unspecified atom stereocenters. The molecule has 8 nitrogen and oxygen atoms in total. The number of nitrogens with zero attached hydrogens (tertiary/aromatic N) is 3. The topological polar surface area (TPSA) is 109 Å². The minimum Gasteiger partial charge on any atom is -0.334 e. The Kier molecular flexibility index (Phi) is 5.37. The van der Waals surface area contributed by atoms with Gasteiger partial charge in [0.25, 0.3) is 17.2 Å². The van der Waals surface area contributed by atoms with E-state index >= 15 is 0 Å². The van der Waals surface area contributed by atoms with E-state index in [0.717, 1.165) is 5.56 Å². The number of rotatable bonds is 4. The van der Waals surface area contributed by atoms with Gasteiger partial charge in [-0.3, -0.25) is 19.7 Å². The third kappa shape index (κ3) is 4.23. The molecule has 0 saturated carbocycles. The highest BCUT2D eigenvalue weighted by atomic mass is 16.6. The number of nitrogens with one attached hydrogen (secondary N) is 1. The van der Waals surface area contributed by atoms with Gasteiger partial charge in [0.2, 0.25) is 0 Å². The Morgan fingerprint density at radius 1 is 1.19 bits per heavy atom. The number of nitro benzene ring substituents is 1. The number of nitro groups is 1. The molecule has 0 atom stereocenters. The van der Waals surface area contributed by atoms with E-state index in [0.29, 0.717) is 42.0 Å². The second-order valence-electron chi connectivity index (χ2n) is 7.84. The first-order valence-electron chi connectivity index (χ1n) is 10.0. The second-order valence-corrected chi connectivity index (χ2v) is 7.84. The third-order valence-corrected chi connectivity index (χ3v) is 5.55. The summed E-state index contributed by atoms with van der Waals surface area (Å²) in [6, 6.07) is 12.5. The van der Waals surface area contributed by atoms with Crippen molar-refractivity contribution in [3.05, 3.63) is 102 Å². The van der Waals surface area contributed by atoms with Crippen molar-refractivity contribution in [2.24, 2.45) is 0 Å². The predicted molar refractivity (Wildman–Crippen MR) is 115 cm³/mol. The molecular formula is C23H22N4O4. The normalized spacial score (nSPS) is 13.0. The molecule has 31 heavy (non-hydrogen) atoms. The number of hydrogen-bond donors (Lipinski definition) is 1. The number of aromatic nitrogens is 2. The first-order valence-corrected chi connectivity index (χ1v) is 10.0. The van der Waals surface area contributed by atoms with E-state index in [1.165, 1.54) is 16.5 Å². The second kappa shape index (κ2) is 8.14. The van der Waals surface area contributed by atoms with Gasteiger partial charge >= 0.3 is 0 Å². The van der Waals surface area contributed by atoms with Gasteiger partial charge in [-0.2, -0.15) is 0 Å². The monoisotopic (exact) mass is 418 g/mol. The quantitative estimate of drug-likeness (QED) is 0.517. The lowest BCUT2D eigenvalue weighted by Gasteiger charge is -2.28. The van der Waals surface area contributed by atoms with Gasteiger partial charge < -0.3 is 9.88 Å². The highest BCUT2D eigenvalue weighted by Crippen LogP contribution is 2.22. The summed E-state index contributed by atoms with van der Waals surface area (Å²) in [5.41, 5.74) is 3.77. The van der Waals surface area contributed by atoms with Gasteiger partial charge in [0.05, 0.1) is 22.7 Å². The fourth-order valence-electron chi connectivity index (χ4n) is 3.75. The van der Waals surface area contributed by atoms with E-state index in [1.807, 2.05) is 31.2 Å². The van der Waals surface area contributed by atoms with Crippen molar-refractivity contribution in [2.45, 2.75) is 33.2 Å². The van der Waals surface area contributed by atoms with Gasteiger partial charge in [0, 0.05) is 36.6 Å². The Morgan fingerprint density at radius 3 is 2.65 bits per heavy atom. The number of fused-ring (bicyclic) bond motifs is 1. The van der Waals surface area contributed by atoms with Crippen molar-refractivity contribution in [3.63, 3.8) is 0 Å². The van der Waals surface area contributed by atoms with Gasteiger partial charge in [0.1, 0.15) is 5.82 Å². The van der Waals surface area contributed by atoms with E-state index in [4.69, 9.17) is 0 Å².